The zero-order valence-corrected chi connectivity index (χ0v) is 12.5. The molecule has 94 valence electrons. The molecule has 1 fully saturated rings. The van der Waals surface area contributed by atoms with E-state index in [4.69, 9.17) is 11.6 Å². The van der Waals surface area contributed by atoms with Crippen molar-refractivity contribution in [3.05, 3.63) is 27.7 Å². The minimum atomic E-state index is -3.47. The van der Waals surface area contributed by atoms with Crippen LogP contribution in [0.25, 0.3) is 0 Å². The van der Waals surface area contributed by atoms with Gasteiger partial charge < -0.3 is 0 Å². The van der Waals surface area contributed by atoms with Gasteiger partial charge in [-0.2, -0.15) is 4.31 Å². The van der Waals surface area contributed by atoms with E-state index in [-0.39, 0.29) is 16.0 Å². The van der Waals surface area contributed by atoms with Gasteiger partial charge in [0.05, 0.1) is 5.02 Å². The molecule has 1 aliphatic carbocycles. The molecule has 0 saturated heterocycles. The van der Waals surface area contributed by atoms with Crippen LogP contribution in [0.1, 0.15) is 19.3 Å². The number of rotatable bonds is 3. The van der Waals surface area contributed by atoms with Crippen LogP contribution in [0.15, 0.2) is 27.6 Å². The van der Waals surface area contributed by atoms with Crippen LogP contribution in [-0.4, -0.2) is 25.8 Å². The van der Waals surface area contributed by atoms with Crippen molar-refractivity contribution in [3.63, 3.8) is 0 Å². The topological polar surface area (TPSA) is 37.4 Å². The lowest BCUT2D eigenvalue weighted by Crippen LogP contribution is -2.41. The quantitative estimate of drug-likeness (QED) is 0.848. The van der Waals surface area contributed by atoms with Gasteiger partial charge in [0.15, 0.2) is 0 Å². The predicted octanol–water partition coefficient (Wildman–Crippen LogP) is 3.28. The van der Waals surface area contributed by atoms with Gasteiger partial charge in [-0.3, -0.25) is 0 Å². The van der Waals surface area contributed by atoms with Gasteiger partial charge in [-0.25, -0.2) is 8.42 Å². The summed E-state index contributed by atoms with van der Waals surface area (Å²) in [7, 11) is -1.84. The van der Waals surface area contributed by atoms with Crippen molar-refractivity contribution in [2.24, 2.45) is 0 Å². The monoisotopic (exact) mass is 337 g/mol. The lowest BCUT2D eigenvalue weighted by atomic mass is 9.94. The largest absolute Gasteiger partial charge is 0.244 e. The standard InChI is InChI=1S/C11H13BrClNO2S/c1-14(9-3-2-4-9)17(15,16)11-6-5-8(12)7-10(11)13/h5-7,9H,2-4H2,1H3. The van der Waals surface area contributed by atoms with Crippen LogP contribution in [-0.2, 0) is 10.0 Å². The maximum Gasteiger partial charge on any atom is 0.244 e. The molecule has 2 rings (SSSR count). The van der Waals surface area contributed by atoms with E-state index in [1.807, 2.05) is 0 Å². The van der Waals surface area contributed by atoms with Crippen molar-refractivity contribution >= 4 is 37.6 Å². The Morgan fingerprint density at radius 2 is 2.06 bits per heavy atom. The summed E-state index contributed by atoms with van der Waals surface area (Å²) < 4.78 is 26.9. The molecule has 0 unspecified atom stereocenters. The number of halogens is 2. The van der Waals surface area contributed by atoms with Gasteiger partial charge in [0, 0.05) is 17.6 Å². The molecule has 0 heterocycles. The van der Waals surface area contributed by atoms with Crippen LogP contribution >= 0.6 is 27.5 Å². The van der Waals surface area contributed by atoms with Crippen LogP contribution in [0.4, 0.5) is 0 Å². The average molecular weight is 339 g/mol. The summed E-state index contributed by atoms with van der Waals surface area (Å²) in [5.41, 5.74) is 0. The third-order valence-electron chi connectivity index (χ3n) is 3.14. The summed E-state index contributed by atoms with van der Waals surface area (Å²) in [6.45, 7) is 0. The first-order valence-corrected chi connectivity index (χ1v) is 7.97. The number of sulfonamides is 1. The van der Waals surface area contributed by atoms with Crippen molar-refractivity contribution in [2.75, 3.05) is 7.05 Å². The lowest BCUT2D eigenvalue weighted by molar-refractivity contribution is 0.249. The Morgan fingerprint density at radius 1 is 1.41 bits per heavy atom. The highest BCUT2D eigenvalue weighted by atomic mass is 79.9. The third kappa shape index (κ3) is 2.52. The molecule has 6 heteroatoms. The van der Waals surface area contributed by atoms with Gasteiger partial charge in [0.2, 0.25) is 10.0 Å². The van der Waals surface area contributed by atoms with Crippen molar-refractivity contribution in [1.82, 2.24) is 4.31 Å². The fraction of sp³-hybridized carbons (Fsp3) is 0.455. The van der Waals surface area contributed by atoms with Gasteiger partial charge in [0.25, 0.3) is 0 Å². The molecule has 0 radical (unpaired) electrons. The molecule has 0 N–H and O–H groups in total. The molecule has 3 nitrogen and oxygen atoms in total. The van der Waals surface area contributed by atoms with E-state index < -0.39 is 10.0 Å². The Hall–Kier alpha value is -0.100. The summed E-state index contributed by atoms with van der Waals surface area (Å²) in [6, 6.07) is 4.95. The van der Waals surface area contributed by atoms with Crippen LogP contribution in [0, 0.1) is 0 Å². The van der Waals surface area contributed by atoms with E-state index in [1.54, 1.807) is 19.2 Å². The minimum Gasteiger partial charge on any atom is -0.207 e. The predicted molar refractivity (Wildman–Crippen MR) is 71.7 cm³/mol. The van der Waals surface area contributed by atoms with Gasteiger partial charge in [0.1, 0.15) is 4.90 Å². The fourth-order valence-electron chi connectivity index (χ4n) is 1.79. The Bertz CT molecular complexity index is 528. The van der Waals surface area contributed by atoms with Crippen molar-refractivity contribution < 1.29 is 8.42 Å². The first-order valence-electron chi connectivity index (χ1n) is 5.36. The highest BCUT2D eigenvalue weighted by Gasteiger charge is 2.32. The third-order valence-corrected chi connectivity index (χ3v) is 6.03. The van der Waals surface area contributed by atoms with Crippen LogP contribution in [0.3, 0.4) is 0 Å². The zero-order valence-electron chi connectivity index (χ0n) is 9.36. The lowest BCUT2D eigenvalue weighted by Gasteiger charge is -2.33. The SMILES string of the molecule is CN(C1CCC1)S(=O)(=O)c1ccc(Br)cc1Cl. The maximum atomic E-state index is 12.3. The molecular formula is C11H13BrClNO2S. The van der Waals surface area contributed by atoms with E-state index in [9.17, 15) is 8.42 Å². The van der Waals surface area contributed by atoms with Crippen molar-refractivity contribution in [2.45, 2.75) is 30.2 Å². The molecule has 0 bridgehead atoms. The molecule has 0 amide bonds. The Balaban J connectivity index is 2.36. The summed E-state index contributed by atoms with van der Waals surface area (Å²) in [5.74, 6) is 0. The van der Waals surface area contributed by atoms with Gasteiger partial charge >= 0.3 is 0 Å². The molecule has 1 aromatic carbocycles. The van der Waals surface area contributed by atoms with E-state index in [0.29, 0.717) is 0 Å². The maximum absolute atomic E-state index is 12.3. The normalized spacial score (nSPS) is 17.2. The Morgan fingerprint density at radius 3 is 2.53 bits per heavy atom. The minimum absolute atomic E-state index is 0.125. The second kappa shape index (κ2) is 4.88. The molecule has 1 aliphatic rings. The van der Waals surface area contributed by atoms with Crippen molar-refractivity contribution in [1.29, 1.82) is 0 Å². The van der Waals surface area contributed by atoms with Gasteiger partial charge in [-0.05, 0) is 31.0 Å². The van der Waals surface area contributed by atoms with Crippen LogP contribution < -0.4 is 0 Å². The van der Waals surface area contributed by atoms with E-state index in [0.717, 1.165) is 23.7 Å². The molecule has 0 spiro atoms. The number of hydrogen-bond acceptors (Lipinski definition) is 2. The van der Waals surface area contributed by atoms with Gasteiger partial charge in [-0.1, -0.05) is 34.0 Å². The highest BCUT2D eigenvalue weighted by molar-refractivity contribution is 9.10. The molecule has 1 saturated carbocycles. The summed E-state index contributed by atoms with van der Waals surface area (Å²) in [6.07, 6.45) is 2.96. The zero-order chi connectivity index (χ0) is 12.6. The van der Waals surface area contributed by atoms with Gasteiger partial charge in [-0.15, -0.1) is 0 Å². The number of nitrogens with zero attached hydrogens (tertiary/aromatic N) is 1. The van der Waals surface area contributed by atoms with E-state index in [1.165, 1.54) is 10.4 Å². The molecule has 17 heavy (non-hydrogen) atoms. The van der Waals surface area contributed by atoms with E-state index >= 15 is 0 Å². The molecule has 0 atom stereocenters. The molecule has 0 aliphatic heterocycles. The summed E-state index contributed by atoms with van der Waals surface area (Å²) in [5, 5.41) is 0.255. The average Bonchev–Trinajstić information content (AvgIpc) is 2.13. The Kier molecular flexibility index (Phi) is 3.83. The molecule has 1 aromatic rings. The Labute approximate surface area is 115 Å². The summed E-state index contributed by atoms with van der Waals surface area (Å²) >= 11 is 9.25. The molecular weight excluding hydrogens is 326 g/mol. The first-order chi connectivity index (χ1) is 7.93. The van der Waals surface area contributed by atoms with Crippen molar-refractivity contribution in [3.8, 4) is 0 Å². The second-order valence-corrected chi connectivity index (χ2v) is 7.47. The molecule has 0 aromatic heterocycles. The second-order valence-electron chi connectivity index (χ2n) is 4.18. The number of hydrogen-bond donors (Lipinski definition) is 0. The van der Waals surface area contributed by atoms with E-state index in [2.05, 4.69) is 15.9 Å². The highest BCUT2D eigenvalue weighted by Crippen LogP contribution is 2.32. The van der Waals surface area contributed by atoms with Crippen LogP contribution in [0.5, 0.6) is 0 Å². The fourth-order valence-corrected chi connectivity index (χ4v) is 4.21. The first kappa shape index (κ1) is 13.3. The summed E-state index contributed by atoms with van der Waals surface area (Å²) in [4.78, 5) is 0.178. The van der Waals surface area contributed by atoms with Crippen LogP contribution in [0.2, 0.25) is 5.02 Å². The smallest absolute Gasteiger partial charge is 0.207 e. The number of benzene rings is 1.